The molecule has 1 aromatic carbocycles. The van der Waals surface area contributed by atoms with Gasteiger partial charge in [-0.3, -0.25) is 4.99 Å². The van der Waals surface area contributed by atoms with Crippen LogP contribution in [0.5, 0.6) is 5.75 Å². The van der Waals surface area contributed by atoms with Gasteiger partial charge in [0.15, 0.2) is 5.96 Å². The minimum absolute atomic E-state index is 0. The molecule has 0 bridgehead atoms. The van der Waals surface area contributed by atoms with Gasteiger partial charge in [-0.2, -0.15) is 0 Å². The summed E-state index contributed by atoms with van der Waals surface area (Å²) in [5, 5.41) is 6.71. The highest BCUT2D eigenvalue weighted by atomic mass is 127. The van der Waals surface area contributed by atoms with Crippen molar-refractivity contribution < 1.29 is 4.74 Å². The van der Waals surface area contributed by atoms with Gasteiger partial charge in [-0.1, -0.05) is 12.1 Å². The number of halogens is 1. The van der Waals surface area contributed by atoms with Gasteiger partial charge in [-0.25, -0.2) is 4.98 Å². The topological polar surface area (TPSA) is 63.5 Å². The van der Waals surface area contributed by atoms with Crippen LogP contribution in [0, 0.1) is 6.92 Å². The molecule has 7 heteroatoms. The summed E-state index contributed by atoms with van der Waals surface area (Å²) >= 11 is 0. The third-order valence-electron chi connectivity index (χ3n) is 4.21. The van der Waals surface area contributed by atoms with Crippen LogP contribution in [0.4, 0.5) is 0 Å². The van der Waals surface area contributed by atoms with E-state index in [-0.39, 0.29) is 24.0 Å². The van der Waals surface area contributed by atoms with Gasteiger partial charge < -0.3 is 19.9 Å². The number of rotatable bonds is 10. The van der Waals surface area contributed by atoms with Crippen LogP contribution in [0.2, 0.25) is 0 Å². The van der Waals surface area contributed by atoms with Crippen molar-refractivity contribution in [3.05, 3.63) is 48.0 Å². The SMILES string of the molecule is CCNC(=NCCCCn1ccnc1C)NCCc1ccc(OC)cc1.I. The number of aliphatic imine (C=N–C) groups is 1. The summed E-state index contributed by atoms with van der Waals surface area (Å²) in [6.07, 6.45) is 7.00. The van der Waals surface area contributed by atoms with Gasteiger partial charge in [0.05, 0.1) is 7.11 Å². The van der Waals surface area contributed by atoms with Crippen LogP contribution in [-0.2, 0) is 13.0 Å². The third kappa shape index (κ3) is 8.64. The van der Waals surface area contributed by atoms with Crippen molar-refractivity contribution in [2.45, 2.75) is 39.7 Å². The number of nitrogens with zero attached hydrogens (tertiary/aromatic N) is 3. The van der Waals surface area contributed by atoms with Crippen LogP contribution >= 0.6 is 24.0 Å². The molecule has 0 saturated carbocycles. The maximum Gasteiger partial charge on any atom is 0.191 e. The fourth-order valence-electron chi connectivity index (χ4n) is 2.68. The standard InChI is InChI=1S/C20H31N5O.HI/c1-4-21-20(23-12-5-6-15-25-16-14-22-17(25)2)24-13-11-18-7-9-19(26-3)10-8-18;/h7-10,14,16H,4-6,11-13,15H2,1-3H3,(H2,21,23,24);1H. The first-order valence-corrected chi connectivity index (χ1v) is 9.35. The molecule has 0 saturated heterocycles. The maximum atomic E-state index is 5.19. The minimum atomic E-state index is 0. The number of hydrogen-bond acceptors (Lipinski definition) is 3. The van der Waals surface area contributed by atoms with E-state index in [4.69, 9.17) is 4.74 Å². The Balaban J connectivity index is 0.00000364. The van der Waals surface area contributed by atoms with Crippen molar-refractivity contribution in [2.75, 3.05) is 26.7 Å². The Morgan fingerprint density at radius 3 is 2.59 bits per heavy atom. The quantitative estimate of drug-likeness (QED) is 0.235. The van der Waals surface area contributed by atoms with Crippen molar-refractivity contribution in [2.24, 2.45) is 4.99 Å². The van der Waals surface area contributed by atoms with Crippen LogP contribution in [0.1, 0.15) is 31.2 Å². The van der Waals surface area contributed by atoms with E-state index in [1.165, 1.54) is 5.56 Å². The van der Waals surface area contributed by atoms with Crippen molar-refractivity contribution in [1.82, 2.24) is 20.2 Å². The van der Waals surface area contributed by atoms with Gasteiger partial charge in [0, 0.05) is 38.6 Å². The Bertz CT molecular complexity index is 669. The monoisotopic (exact) mass is 485 g/mol. The number of aromatic nitrogens is 2. The molecule has 1 heterocycles. The Morgan fingerprint density at radius 2 is 1.96 bits per heavy atom. The molecular weight excluding hydrogens is 453 g/mol. The number of benzene rings is 1. The van der Waals surface area contributed by atoms with Crippen LogP contribution in [0.15, 0.2) is 41.7 Å². The zero-order valence-electron chi connectivity index (χ0n) is 16.6. The fourth-order valence-corrected chi connectivity index (χ4v) is 2.68. The number of ether oxygens (including phenoxy) is 1. The first kappa shape index (κ1) is 23.3. The molecule has 6 nitrogen and oxygen atoms in total. The number of nitrogens with one attached hydrogen (secondary N) is 2. The molecule has 0 spiro atoms. The molecule has 0 unspecified atom stereocenters. The number of imidazole rings is 1. The number of hydrogen-bond donors (Lipinski definition) is 2. The largest absolute Gasteiger partial charge is 0.497 e. The summed E-state index contributed by atoms with van der Waals surface area (Å²) in [6.45, 7) is 7.67. The van der Waals surface area contributed by atoms with E-state index in [1.54, 1.807) is 7.11 Å². The summed E-state index contributed by atoms with van der Waals surface area (Å²) in [4.78, 5) is 8.91. The molecule has 0 fully saturated rings. The van der Waals surface area contributed by atoms with Crippen LogP contribution in [0.3, 0.4) is 0 Å². The Labute approximate surface area is 179 Å². The molecule has 0 radical (unpaired) electrons. The Kier molecular flexibility index (Phi) is 11.6. The first-order chi connectivity index (χ1) is 12.7. The van der Waals surface area contributed by atoms with E-state index in [2.05, 4.69) is 44.2 Å². The van der Waals surface area contributed by atoms with Crippen molar-refractivity contribution in [1.29, 1.82) is 0 Å². The molecule has 0 amide bonds. The second kappa shape index (κ2) is 13.4. The molecule has 0 aliphatic carbocycles. The number of unbranched alkanes of at least 4 members (excludes halogenated alkanes) is 1. The highest BCUT2D eigenvalue weighted by Gasteiger charge is 1.99. The van der Waals surface area contributed by atoms with Crippen molar-refractivity contribution in [3.63, 3.8) is 0 Å². The van der Waals surface area contributed by atoms with Gasteiger partial charge in [-0.05, 0) is 50.8 Å². The average Bonchev–Trinajstić information content (AvgIpc) is 3.07. The normalized spacial score (nSPS) is 11.0. The van der Waals surface area contributed by atoms with Crippen LogP contribution < -0.4 is 15.4 Å². The first-order valence-electron chi connectivity index (χ1n) is 9.35. The second-order valence-electron chi connectivity index (χ2n) is 6.16. The molecular formula is C20H32IN5O. The number of methoxy groups -OCH3 is 1. The van der Waals surface area contributed by atoms with E-state index in [0.29, 0.717) is 0 Å². The molecule has 0 aliphatic rings. The van der Waals surface area contributed by atoms with Crippen LogP contribution in [-0.4, -0.2) is 42.3 Å². The van der Waals surface area contributed by atoms with Crippen molar-refractivity contribution in [3.8, 4) is 5.75 Å². The molecule has 2 aromatic rings. The minimum Gasteiger partial charge on any atom is -0.497 e. The lowest BCUT2D eigenvalue weighted by Gasteiger charge is -2.11. The Hall–Kier alpha value is -1.77. The molecule has 1 aromatic heterocycles. The average molecular weight is 485 g/mol. The highest BCUT2D eigenvalue weighted by Crippen LogP contribution is 2.11. The summed E-state index contributed by atoms with van der Waals surface area (Å²) in [7, 11) is 1.69. The molecule has 2 N–H and O–H groups in total. The summed E-state index contributed by atoms with van der Waals surface area (Å²) in [5.74, 6) is 2.85. The van der Waals surface area contributed by atoms with Gasteiger partial charge in [0.25, 0.3) is 0 Å². The number of aryl methyl sites for hydroxylation is 2. The zero-order chi connectivity index (χ0) is 18.6. The van der Waals surface area contributed by atoms with Gasteiger partial charge in [0.1, 0.15) is 11.6 Å². The van der Waals surface area contributed by atoms with Gasteiger partial charge in [0.2, 0.25) is 0 Å². The highest BCUT2D eigenvalue weighted by molar-refractivity contribution is 14.0. The van der Waals surface area contributed by atoms with Crippen molar-refractivity contribution >= 4 is 29.9 Å². The Morgan fingerprint density at radius 1 is 1.19 bits per heavy atom. The predicted molar refractivity (Wildman–Crippen MR) is 122 cm³/mol. The lowest BCUT2D eigenvalue weighted by atomic mass is 10.1. The van der Waals surface area contributed by atoms with Gasteiger partial charge in [-0.15, -0.1) is 24.0 Å². The van der Waals surface area contributed by atoms with E-state index >= 15 is 0 Å². The maximum absolute atomic E-state index is 5.19. The van der Waals surface area contributed by atoms with E-state index < -0.39 is 0 Å². The third-order valence-corrected chi connectivity index (χ3v) is 4.21. The predicted octanol–water partition coefficient (Wildman–Crippen LogP) is 3.40. The molecule has 0 atom stereocenters. The summed E-state index contributed by atoms with van der Waals surface area (Å²) in [6, 6.07) is 8.19. The molecule has 0 aliphatic heterocycles. The summed E-state index contributed by atoms with van der Waals surface area (Å²) < 4.78 is 7.37. The molecule has 27 heavy (non-hydrogen) atoms. The molecule has 2 rings (SSSR count). The van der Waals surface area contributed by atoms with Crippen LogP contribution in [0.25, 0.3) is 0 Å². The van der Waals surface area contributed by atoms with Gasteiger partial charge >= 0.3 is 0 Å². The fraction of sp³-hybridized carbons (Fsp3) is 0.500. The zero-order valence-corrected chi connectivity index (χ0v) is 18.9. The van der Waals surface area contributed by atoms with E-state index in [1.807, 2.05) is 31.5 Å². The lowest BCUT2D eigenvalue weighted by molar-refractivity contribution is 0.414. The number of guanidine groups is 1. The second-order valence-corrected chi connectivity index (χ2v) is 6.16. The molecule has 150 valence electrons. The summed E-state index contributed by atoms with van der Waals surface area (Å²) in [5.41, 5.74) is 1.28. The lowest BCUT2D eigenvalue weighted by Crippen LogP contribution is -2.38. The van der Waals surface area contributed by atoms with E-state index in [9.17, 15) is 0 Å². The van der Waals surface area contributed by atoms with E-state index in [0.717, 1.165) is 63.0 Å². The smallest absolute Gasteiger partial charge is 0.191 e.